The summed E-state index contributed by atoms with van der Waals surface area (Å²) >= 11 is 0. The van der Waals surface area contributed by atoms with E-state index in [1.165, 1.54) is 12.8 Å². The van der Waals surface area contributed by atoms with Gasteiger partial charge in [0, 0.05) is 25.7 Å². The Labute approximate surface area is 119 Å². The standard InChI is InChI=1S/C16H31N3/c1-13(2)12-19(9-8-18(4)5)16-10-14(3)6-7-15(16)11-17/h13-16H,6-10,12H2,1-5H3. The molecular formula is C16H31N3. The van der Waals surface area contributed by atoms with E-state index in [1.807, 2.05) is 0 Å². The monoisotopic (exact) mass is 265 g/mol. The van der Waals surface area contributed by atoms with E-state index in [4.69, 9.17) is 0 Å². The van der Waals surface area contributed by atoms with Crippen LogP contribution in [0.3, 0.4) is 0 Å². The Balaban J connectivity index is 2.71. The number of likely N-dealkylation sites (N-methyl/N-ethyl adjacent to an activating group) is 1. The van der Waals surface area contributed by atoms with Crippen LogP contribution in [0.5, 0.6) is 0 Å². The zero-order valence-electron chi connectivity index (χ0n) is 13.4. The average Bonchev–Trinajstić information content (AvgIpc) is 2.33. The van der Waals surface area contributed by atoms with Crippen molar-refractivity contribution >= 4 is 0 Å². The first kappa shape index (κ1) is 16.5. The quantitative estimate of drug-likeness (QED) is 0.740. The number of rotatable bonds is 6. The fraction of sp³-hybridized carbons (Fsp3) is 0.938. The molecule has 110 valence electrons. The number of hydrogen-bond acceptors (Lipinski definition) is 3. The van der Waals surface area contributed by atoms with Crippen molar-refractivity contribution < 1.29 is 0 Å². The Kier molecular flexibility index (Phi) is 6.82. The Morgan fingerprint density at radius 3 is 2.42 bits per heavy atom. The van der Waals surface area contributed by atoms with Gasteiger partial charge < -0.3 is 4.90 Å². The molecule has 0 radical (unpaired) electrons. The predicted molar refractivity (Wildman–Crippen MR) is 80.9 cm³/mol. The van der Waals surface area contributed by atoms with Crippen LogP contribution in [0.25, 0.3) is 0 Å². The maximum Gasteiger partial charge on any atom is 0.0672 e. The van der Waals surface area contributed by atoms with Crippen molar-refractivity contribution in [1.29, 1.82) is 5.26 Å². The summed E-state index contributed by atoms with van der Waals surface area (Å²) in [5, 5.41) is 9.42. The lowest BCUT2D eigenvalue weighted by Crippen LogP contribution is -2.47. The molecule has 0 bridgehead atoms. The summed E-state index contributed by atoms with van der Waals surface area (Å²) in [6.45, 7) is 10.2. The van der Waals surface area contributed by atoms with Crippen LogP contribution in [0.2, 0.25) is 0 Å². The molecule has 0 heterocycles. The third-order valence-corrected chi connectivity index (χ3v) is 4.15. The van der Waals surface area contributed by atoms with Crippen LogP contribution >= 0.6 is 0 Å². The molecule has 0 amide bonds. The van der Waals surface area contributed by atoms with E-state index >= 15 is 0 Å². The molecule has 0 aromatic carbocycles. The van der Waals surface area contributed by atoms with Gasteiger partial charge in [-0.2, -0.15) is 5.26 Å². The number of nitriles is 1. The average molecular weight is 265 g/mol. The second kappa shape index (κ2) is 7.87. The molecule has 1 fully saturated rings. The van der Waals surface area contributed by atoms with Gasteiger partial charge in [0.15, 0.2) is 0 Å². The van der Waals surface area contributed by atoms with Crippen molar-refractivity contribution in [2.45, 2.75) is 46.1 Å². The fourth-order valence-electron chi connectivity index (χ4n) is 3.09. The lowest BCUT2D eigenvalue weighted by atomic mass is 9.78. The van der Waals surface area contributed by atoms with Gasteiger partial charge in [0.1, 0.15) is 0 Å². The first-order chi connectivity index (χ1) is 8.93. The first-order valence-corrected chi connectivity index (χ1v) is 7.72. The van der Waals surface area contributed by atoms with Crippen molar-refractivity contribution in [2.75, 3.05) is 33.7 Å². The lowest BCUT2D eigenvalue weighted by molar-refractivity contribution is 0.0871. The van der Waals surface area contributed by atoms with E-state index in [-0.39, 0.29) is 5.92 Å². The summed E-state index contributed by atoms with van der Waals surface area (Å²) in [5.41, 5.74) is 0. The molecule has 0 aromatic rings. The van der Waals surface area contributed by atoms with Crippen LogP contribution in [0.4, 0.5) is 0 Å². The van der Waals surface area contributed by atoms with Crippen LogP contribution < -0.4 is 0 Å². The van der Waals surface area contributed by atoms with Gasteiger partial charge in [0.25, 0.3) is 0 Å². The summed E-state index contributed by atoms with van der Waals surface area (Å²) in [6, 6.07) is 3.03. The molecule has 1 rings (SSSR count). The maximum absolute atomic E-state index is 9.42. The third-order valence-electron chi connectivity index (χ3n) is 4.15. The molecule has 0 spiro atoms. The molecule has 1 aliphatic rings. The minimum absolute atomic E-state index is 0.233. The van der Waals surface area contributed by atoms with Crippen molar-refractivity contribution in [2.24, 2.45) is 17.8 Å². The molecule has 0 aliphatic heterocycles. The minimum Gasteiger partial charge on any atom is -0.308 e. The highest BCUT2D eigenvalue weighted by molar-refractivity contribution is 4.97. The van der Waals surface area contributed by atoms with Crippen molar-refractivity contribution in [3.8, 4) is 6.07 Å². The fourth-order valence-corrected chi connectivity index (χ4v) is 3.09. The summed E-state index contributed by atoms with van der Waals surface area (Å²) < 4.78 is 0. The van der Waals surface area contributed by atoms with E-state index in [2.05, 4.69) is 50.7 Å². The minimum atomic E-state index is 0.233. The second-order valence-corrected chi connectivity index (χ2v) is 6.91. The second-order valence-electron chi connectivity index (χ2n) is 6.91. The van der Waals surface area contributed by atoms with Crippen LogP contribution in [0.1, 0.15) is 40.0 Å². The van der Waals surface area contributed by atoms with Gasteiger partial charge in [-0.05, 0) is 45.2 Å². The molecule has 3 heteroatoms. The zero-order chi connectivity index (χ0) is 14.4. The van der Waals surface area contributed by atoms with Gasteiger partial charge in [0.05, 0.1) is 12.0 Å². The molecule has 1 aliphatic carbocycles. The number of nitrogens with zero attached hydrogens (tertiary/aromatic N) is 3. The van der Waals surface area contributed by atoms with Crippen LogP contribution in [0, 0.1) is 29.1 Å². The van der Waals surface area contributed by atoms with Gasteiger partial charge in [-0.1, -0.05) is 20.8 Å². The van der Waals surface area contributed by atoms with Gasteiger partial charge in [-0.15, -0.1) is 0 Å². The summed E-state index contributed by atoms with van der Waals surface area (Å²) in [4.78, 5) is 4.81. The van der Waals surface area contributed by atoms with Crippen molar-refractivity contribution in [1.82, 2.24) is 9.80 Å². The SMILES string of the molecule is CC(C)CN(CCN(C)C)C1CC(C)CCC1C#N. The summed E-state index contributed by atoms with van der Waals surface area (Å²) in [6.07, 6.45) is 3.50. The normalized spacial score (nSPS) is 28.1. The van der Waals surface area contributed by atoms with Gasteiger partial charge >= 0.3 is 0 Å². The highest BCUT2D eigenvalue weighted by Crippen LogP contribution is 2.32. The maximum atomic E-state index is 9.42. The summed E-state index contributed by atoms with van der Waals surface area (Å²) in [5.74, 6) is 1.67. The molecule has 0 N–H and O–H groups in total. The highest BCUT2D eigenvalue weighted by atomic mass is 15.2. The number of hydrogen-bond donors (Lipinski definition) is 0. The molecule has 3 unspecified atom stereocenters. The van der Waals surface area contributed by atoms with E-state index in [1.54, 1.807) is 0 Å². The highest BCUT2D eigenvalue weighted by Gasteiger charge is 2.33. The van der Waals surface area contributed by atoms with Gasteiger partial charge in [-0.25, -0.2) is 0 Å². The van der Waals surface area contributed by atoms with E-state index in [9.17, 15) is 5.26 Å². The predicted octanol–water partition coefficient (Wildman–Crippen LogP) is 2.83. The molecule has 0 aromatic heterocycles. The zero-order valence-corrected chi connectivity index (χ0v) is 13.4. The first-order valence-electron chi connectivity index (χ1n) is 7.72. The third kappa shape index (κ3) is 5.50. The van der Waals surface area contributed by atoms with Gasteiger partial charge in [-0.3, -0.25) is 4.90 Å². The van der Waals surface area contributed by atoms with Crippen molar-refractivity contribution in [3.05, 3.63) is 0 Å². The lowest BCUT2D eigenvalue weighted by Gasteiger charge is -2.40. The topological polar surface area (TPSA) is 30.3 Å². The Morgan fingerprint density at radius 2 is 1.89 bits per heavy atom. The molecule has 3 atom stereocenters. The molecule has 3 nitrogen and oxygen atoms in total. The van der Waals surface area contributed by atoms with E-state index in [0.717, 1.165) is 32.0 Å². The molecule has 1 saturated carbocycles. The smallest absolute Gasteiger partial charge is 0.0672 e. The molecular weight excluding hydrogens is 234 g/mol. The Bertz CT molecular complexity index is 293. The van der Waals surface area contributed by atoms with Crippen molar-refractivity contribution in [3.63, 3.8) is 0 Å². The Morgan fingerprint density at radius 1 is 1.21 bits per heavy atom. The largest absolute Gasteiger partial charge is 0.308 e. The van der Waals surface area contributed by atoms with E-state index < -0.39 is 0 Å². The molecule has 19 heavy (non-hydrogen) atoms. The van der Waals surface area contributed by atoms with Crippen LogP contribution in [-0.2, 0) is 0 Å². The van der Waals surface area contributed by atoms with Crippen LogP contribution in [-0.4, -0.2) is 49.6 Å². The molecule has 0 saturated heterocycles. The van der Waals surface area contributed by atoms with Gasteiger partial charge in [0.2, 0.25) is 0 Å². The summed E-state index contributed by atoms with van der Waals surface area (Å²) in [7, 11) is 4.25. The Hall–Kier alpha value is -0.590. The van der Waals surface area contributed by atoms with E-state index in [0.29, 0.717) is 12.0 Å². The van der Waals surface area contributed by atoms with Crippen LogP contribution in [0.15, 0.2) is 0 Å².